The second-order valence-corrected chi connectivity index (χ2v) is 12.8. The van der Waals surface area contributed by atoms with E-state index in [1.54, 1.807) is 0 Å². The van der Waals surface area contributed by atoms with E-state index in [2.05, 4.69) is 162 Å². The van der Waals surface area contributed by atoms with Crippen LogP contribution in [0.1, 0.15) is 17.5 Å². The van der Waals surface area contributed by atoms with E-state index in [1.165, 1.54) is 76.2 Å². The van der Waals surface area contributed by atoms with Crippen LogP contribution in [0.2, 0.25) is 0 Å². The zero-order valence-corrected chi connectivity index (χ0v) is 26.0. The molecule has 0 unspecified atom stereocenters. The summed E-state index contributed by atoms with van der Waals surface area (Å²) in [6.45, 7) is 0. The number of fused-ring (bicyclic) bond motifs is 4. The monoisotopic (exact) mass is 603 g/mol. The molecule has 0 spiro atoms. The fourth-order valence-corrected chi connectivity index (χ4v) is 8.50. The van der Waals surface area contributed by atoms with E-state index in [-0.39, 0.29) is 0 Å². The van der Waals surface area contributed by atoms with Crippen LogP contribution in [0, 0.1) is 12.1 Å². The number of para-hydroxylation sites is 2. The van der Waals surface area contributed by atoms with Gasteiger partial charge in [-0.15, -0.1) is 11.3 Å². The molecule has 46 heavy (non-hydrogen) atoms. The average Bonchev–Trinajstić information content (AvgIpc) is 3.68. The molecular formula is C44H29NS. The number of aromatic nitrogens is 1. The minimum absolute atomic E-state index is 1.02. The van der Waals surface area contributed by atoms with Crippen LogP contribution in [0.15, 0.2) is 146 Å². The van der Waals surface area contributed by atoms with Crippen molar-refractivity contribution in [3.05, 3.63) is 169 Å². The first kappa shape index (κ1) is 26.8. The molecule has 0 aliphatic heterocycles. The van der Waals surface area contributed by atoms with Gasteiger partial charge < -0.3 is 4.57 Å². The molecule has 9 rings (SSSR count). The van der Waals surface area contributed by atoms with Gasteiger partial charge >= 0.3 is 0 Å². The Labute approximate surface area is 273 Å². The number of allylic oxidation sites excluding steroid dienone is 1. The molecule has 0 atom stereocenters. The van der Waals surface area contributed by atoms with Gasteiger partial charge in [0.05, 0.1) is 16.7 Å². The van der Waals surface area contributed by atoms with Crippen molar-refractivity contribution >= 4 is 39.2 Å². The van der Waals surface area contributed by atoms with E-state index in [0.717, 1.165) is 18.4 Å². The van der Waals surface area contributed by atoms with Crippen LogP contribution in [-0.4, -0.2) is 4.57 Å². The Kier molecular flexibility index (Phi) is 6.44. The van der Waals surface area contributed by atoms with Crippen LogP contribution in [0.25, 0.3) is 76.7 Å². The summed E-state index contributed by atoms with van der Waals surface area (Å²) in [4.78, 5) is 2.66. The molecule has 1 aliphatic rings. The van der Waals surface area contributed by atoms with Crippen molar-refractivity contribution in [3.8, 4) is 48.8 Å². The van der Waals surface area contributed by atoms with Gasteiger partial charge in [0.1, 0.15) is 0 Å². The van der Waals surface area contributed by atoms with E-state index in [1.807, 2.05) is 17.4 Å². The lowest BCUT2D eigenvalue weighted by Gasteiger charge is -2.18. The Balaban J connectivity index is 1.35. The summed E-state index contributed by atoms with van der Waals surface area (Å²) in [5.74, 6) is 0. The Hall–Kier alpha value is -5.62. The van der Waals surface area contributed by atoms with Crippen molar-refractivity contribution in [2.45, 2.75) is 12.8 Å². The van der Waals surface area contributed by atoms with Crippen molar-refractivity contribution in [3.63, 3.8) is 0 Å². The quantitative estimate of drug-likeness (QED) is 0.184. The van der Waals surface area contributed by atoms with E-state index in [0.29, 0.717) is 0 Å². The highest BCUT2D eigenvalue weighted by Gasteiger charge is 2.26. The molecule has 216 valence electrons. The molecule has 0 amide bonds. The van der Waals surface area contributed by atoms with Gasteiger partial charge in [-0.25, -0.2) is 0 Å². The summed E-state index contributed by atoms with van der Waals surface area (Å²) in [5, 5.41) is 2.53. The summed E-state index contributed by atoms with van der Waals surface area (Å²) < 4.78 is 2.47. The van der Waals surface area contributed by atoms with Crippen LogP contribution in [0.4, 0.5) is 0 Å². The Morgan fingerprint density at radius 3 is 2.11 bits per heavy atom. The number of rotatable bonds is 5. The number of thiophene rings is 1. The van der Waals surface area contributed by atoms with E-state index < -0.39 is 0 Å². The van der Waals surface area contributed by atoms with Gasteiger partial charge in [0, 0.05) is 37.2 Å². The summed E-state index contributed by atoms with van der Waals surface area (Å²) in [6, 6.07) is 56.9. The van der Waals surface area contributed by atoms with Gasteiger partial charge in [0.2, 0.25) is 0 Å². The first-order chi connectivity index (χ1) is 22.8. The second-order valence-electron chi connectivity index (χ2n) is 11.8. The highest BCUT2D eigenvalue weighted by Crippen LogP contribution is 2.50. The highest BCUT2D eigenvalue weighted by atomic mass is 32.1. The van der Waals surface area contributed by atoms with Gasteiger partial charge in [-0.05, 0) is 77.1 Å². The van der Waals surface area contributed by atoms with Crippen molar-refractivity contribution in [2.24, 2.45) is 0 Å². The molecule has 0 bridgehead atoms. The predicted octanol–water partition coefficient (Wildman–Crippen LogP) is 12.1. The normalized spacial score (nSPS) is 12.3. The minimum atomic E-state index is 1.02. The molecule has 0 N–H and O–H groups in total. The minimum Gasteiger partial charge on any atom is -0.309 e. The van der Waals surface area contributed by atoms with Crippen molar-refractivity contribution in [1.29, 1.82) is 0 Å². The Morgan fingerprint density at radius 1 is 0.609 bits per heavy atom. The van der Waals surface area contributed by atoms with Crippen molar-refractivity contribution in [1.82, 2.24) is 4.57 Å². The van der Waals surface area contributed by atoms with Gasteiger partial charge in [-0.2, -0.15) is 0 Å². The lowest BCUT2D eigenvalue weighted by atomic mass is 9.90. The molecule has 6 aromatic carbocycles. The maximum absolute atomic E-state index is 3.44. The lowest BCUT2D eigenvalue weighted by molar-refractivity contribution is 0.996. The lowest BCUT2D eigenvalue weighted by Crippen LogP contribution is -2.00. The summed E-state index contributed by atoms with van der Waals surface area (Å²) in [7, 11) is 0. The topological polar surface area (TPSA) is 4.93 Å². The molecule has 0 saturated heterocycles. The smallest absolute Gasteiger partial charge is 0.0555 e. The maximum Gasteiger partial charge on any atom is 0.0555 e. The van der Waals surface area contributed by atoms with Crippen LogP contribution < -0.4 is 0 Å². The van der Waals surface area contributed by atoms with E-state index in [9.17, 15) is 0 Å². The maximum atomic E-state index is 3.44. The number of benzene rings is 5. The van der Waals surface area contributed by atoms with E-state index >= 15 is 0 Å². The largest absolute Gasteiger partial charge is 0.309 e. The molecule has 8 aromatic rings. The van der Waals surface area contributed by atoms with Crippen LogP contribution >= 0.6 is 11.3 Å². The van der Waals surface area contributed by atoms with E-state index in [4.69, 9.17) is 0 Å². The third-order valence-electron chi connectivity index (χ3n) is 9.16. The molecule has 0 radical (unpaired) electrons. The zero-order valence-electron chi connectivity index (χ0n) is 25.2. The Morgan fingerprint density at radius 2 is 1.33 bits per heavy atom. The van der Waals surface area contributed by atoms with Gasteiger partial charge in [-0.1, -0.05) is 127 Å². The second kappa shape index (κ2) is 11.1. The van der Waals surface area contributed by atoms with Gasteiger partial charge in [-0.3, -0.25) is 0 Å². The number of hydrogen-bond acceptors (Lipinski definition) is 1. The molecule has 1 aliphatic carbocycles. The predicted molar refractivity (Wildman–Crippen MR) is 195 cm³/mol. The summed E-state index contributed by atoms with van der Waals surface area (Å²) in [6.07, 6.45) is 6.75. The fourth-order valence-electron chi connectivity index (χ4n) is 7.10. The Bertz CT molecular complexity index is 2350. The molecule has 0 fully saturated rings. The van der Waals surface area contributed by atoms with Crippen molar-refractivity contribution in [2.75, 3.05) is 0 Å². The molecule has 2 heteroatoms. The molecular weight excluding hydrogens is 575 g/mol. The third kappa shape index (κ3) is 4.32. The zero-order chi connectivity index (χ0) is 30.5. The molecule has 2 aromatic heterocycles. The standard InChI is InChI=1S/C44H29NS/c1-3-15-30(16-4-1)32-19-13-20-33(29-32)43-37-23-7-8-24-38(37)44(46-43)42-34(31-17-5-2-6-18-31)25-14-28-41(42)45-39-26-11-9-21-35(39)36-22-10-12-27-40(36)45/h1-5,7,9-17,19-23,25-29H,8,24H2. The van der Waals surface area contributed by atoms with Crippen molar-refractivity contribution < 1.29 is 0 Å². The average molecular weight is 604 g/mol. The first-order valence-corrected chi connectivity index (χ1v) is 16.7. The number of hydrogen-bond donors (Lipinski definition) is 0. The fraction of sp³-hybridized carbons (Fsp3) is 0.0455. The first-order valence-electron chi connectivity index (χ1n) is 15.8. The van der Waals surface area contributed by atoms with Gasteiger partial charge in [0.25, 0.3) is 0 Å². The summed E-state index contributed by atoms with van der Waals surface area (Å²) >= 11 is 1.93. The molecule has 0 saturated carbocycles. The highest BCUT2D eigenvalue weighted by molar-refractivity contribution is 7.19. The summed E-state index contributed by atoms with van der Waals surface area (Å²) in [5.41, 5.74) is 13.6. The van der Waals surface area contributed by atoms with Crippen LogP contribution in [-0.2, 0) is 6.42 Å². The molecule has 1 nitrogen and oxygen atoms in total. The molecule has 2 heterocycles. The number of nitrogens with zero attached hydrogens (tertiary/aromatic N) is 1. The third-order valence-corrected chi connectivity index (χ3v) is 10.5. The van der Waals surface area contributed by atoms with Crippen LogP contribution in [0.3, 0.4) is 0 Å². The van der Waals surface area contributed by atoms with Gasteiger partial charge in [0.15, 0.2) is 0 Å². The SMILES string of the molecule is c1cccc(-c2cccc(-n3c4ccccc4c4ccccc43)c2-c2sc(-c3cccc(-c4ccccc4)c3)c3c2CCC=C3)c#1. The van der Waals surface area contributed by atoms with Crippen LogP contribution in [0.5, 0.6) is 0 Å².